The van der Waals surface area contributed by atoms with Crippen molar-refractivity contribution in [2.45, 2.75) is 12.8 Å². The highest BCUT2D eigenvalue weighted by molar-refractivity contribution is 5.34. The number of nitro groups is 1. The van der Waals surface area contributed by atoms with E-state index in [1.54, 1.807) is 12.1 Å². The lowest BCUT2D eigenvalue weighted by molar-refractivity contribution is -0.384. The smallest absolute Gasteiger partial charge is 0.269 e. The molecule has 0 saturated heterocycles. The summed E-state index contributed by atoms with van der Waals surface area (Å²) < 4.78 is 0. The minimum absolute atomic E-state index is 0.166. The van der Waals surface area contributed by atoms with Gasteiger partial charge >= 0.3 is 0 Å². The van der Waals surface area contributed by atoms with Gasteiger partial charge in [0.15, 0.2) is 0 Å². The van der Waals surface area contributed by atoms with Crippen LogP contribution in [-0.4, -0.2) is 30.0 Å². The predicted molar refractivity (Wildman–Crippen MR) is 84.4 cm³/mol. The number of rotatable bonds is 7. The number of benzene rings is 2. The summed E-state index contributed by atoms with van der Waals surface area (Å²) in [4.78, 5) is 12.7. The van der Waals surface area contributed by atoms with Crippen LogP contribution in [0.5, 0.6) is 0 Å². The molecule has 0 aliphatic rings. The summed E-state index contributed by atoms with van der Waals surface area (Å²) in [6.45, 7) is 1.88. The predicted octanol–water partition coefficient (Wildman–Crippen LogP) is 3.31. The highest BCUT2D eigenvalue weighted by Gasteiger charge is 2.06. The molecule has 0 fully saturated rings. The second-order valence-electron chi connectivity index (χ2n) is 5.22. The number of nitrogens with zero attached hydrogens (tertiary/aromatic N) is 2. The zero-order chi connectivity index (χ0) is 15.1. The number of hydrogen-bond donors (Lipinski definition) is 0. The van der Waals surface area contributed by atoms with E-state index in [-0.39, 0.29) is 10.6 Å². The highest BCUT2D eigenvalue weighted by atomic mass is 16.6. The van der Waals surface area contributed by atoms with Crippen LogP contribution < -0.4 is 0 Å². The van der Waals surface area contributed by atoms with Crippen molar-refractivity contribution in [1.29, 1.82) is 0 Å². The van der Waals surface area contributed by atoms with Crippen LogP contribution in [0.15, 0.2) is 54.6 Å². The second-order valence-corrected chi connectivity index (χ2v) is 5.22. The molecule has 0 amide bonds. The van der Waals surface area contributed by atoms with E-state index in [0.29, 0.717) is 0 Å². The molecule has 4 heteroatoms. The molecule has 0 aromatic heterocycles. The van der Waals surface area contributed by atoms with Gasteiger partial charge in [0.25, 0.3) is 5.69 Å². The van der Waals surface area contributed by atoms with Crippen molar-refractivity contribution in [3.05, 3.63) is 75.8 Å². The van der Waals surface area contributed by atoms with Gasteiger partial charge in [-0.05, 0) is 31.0 Å². The van der Waals surface area contributed by atoms with Crippen LogP contribution in [0.1, 0.15) is 11.1 Å². The van der Waals surface area contributed by atoms with Gasteiger partial charge in [0.1, 0.15) is 0 Å². The average molecular weight is 284 g/mol. The summed E-state index contributed by atoms with van der Waals surface area (Å²) in [5.74, 6) is 0. The summed E-state index contributed by atoms with van der Waals surface area (Å²) >= 11 is 0. The number of hydrogen-bond acceptors (Lipinski definition) is 3. The van der Waals surface area contributed by atoms with Crippen molar-refractivity contribution in [2.75, 3.05) is 20.1 Å². The maximum absolute atomic E-state index is 10.7. The van der Waals surface area contributed by atoms with Crippen LogP contribution >= 0.6 is 0 Å². The lowest BCUT2D eigenvalue weighted by Crippen LogP contribution is -2.23. The Morgan fingerprint density at radius 3 is 2.24 bits per heavy atom. The Labute approximate surface area is 125 Å². The van der Waals surface area contributed by atoms with Crippen LogP contribution in [-0.2, 0) is 12.8 Å². The average Bonchev–Trinajstić information content (AvgIpc) is 2.52. The van der Waals surface area contributed by atoms with Crippen molar-refractivity contribution < 1.29 is 4.92 Å². The van der Waals surface area contributed by atoms with Crippen LogP contribution in [0, 0.1) is 10.1 Å². The second kappa shape index (κ2) is 7.55. The van der Waals surface area contributed by atoms with E-state index < -0.39 is 0 Å². The third-order valence-electron chi connectivity index (χ3n) is 3.53. The minimum atomic E-state index is -0.345. The van der Waals surface area contributed by atoms with E-state index in [0.717, 1.165) is 31.5 Å². The van der Waals surface area contributed by atoms with Crippen molar-refractivity contribution in [3.63, 3.8) is 0 Å². The van der Waals surface area contributed by atoms with Crippen molar-refractivity contribution in [3.8, 4) is 0 Å². The van der Waals surface area contributed by atoms with Gasteiger partial charge in [0, 0.05) is 25.2 Å². The van der Waals surface area contributed by atoms with Gasteiger partial charge in [-0.2, -0.15) is 0 Å². The fraction of sp³-hybridized carbons (Fsp3) is 0.294. The number of nitro benzene ring substituents is 1. The van der Waals surface area contributed by atoms with E-state index in [1.807, 2.05) is 12.1 Å². The van der Waals surface area contributed by atoms with E-state index in [4.69, 9.17) is 0 Å². The lowest BCUT2D eigenvalue weighted by atomic mass is 10.1. The fourth-order valence-corrected chi connectivity index (χ4v) is 2.22. The Hall–Kier alpha value is -2.20. The maximum atomic E-state index is 10.7. The molecule has 4 nitrogen and oxygen atoms in total. The molecule has 0 N–H and O–H groups in total. The Bertz CT molecular complexity index is 584. The minimum Gasteiger partial charge on any atom is -0.306 e. The lowest BCUT2D eigenvalue weighted by Gasteiger charge is -2.16. The fourth-order valence-electron chi connectivity index (χ4n) is 2.22. The molecule has 0 unspecified atom stereocenters. The van der Waals surface area contributed by atoms with E-state index in [1.165, 1.54) is 11.6 Å². The number of non-ortho nitro benzene ring substituents is 1. The molecule has 2 aromatic rings. The van der Waals surface area contributed by atoms with E-state index in [9.17, 15) is 10.1 Å². The topological polar surface area (TPSA) is 46.4 Å². The molecule has 2 rings (SSSR count). The highest BCUT2D eigenvalue weighted by Crippen LogP contribution is 2.13. The first kappa shape index (κ1) is 15.2. The number of likely N-dealkylation sites (N-methyl/N-ethyl adjacent to an activating group) is 1. The first-order valence-corrected chi connectivity index (χ1v) is 7.11. The normalized spacial score (nSPS) is 10.8. The summed E-state index contributed by atoms with van der Waals surface area (Å²) in [6.07, 6.45) is 1.85. The van der Waals surface area contributed by atoms with Crippen molar-refractivity contribution >= 4 is 5.69 Å². The molecular weight excluding hydrogens is 264 g/mol. The van der Waals surface area contributed by atoms with Crippen LogP contribution in [0.25, 0.3) is 0 Å². The Morgan fingerprint density at radius 2 is 1.57 bits per heavy atom. The van der Waals surface area contributed by atoms with Gasteiger partial charge in [-0.15, -0.1) is 0 Å². The van der Waals surface area contributed by atoms with Gasteiger partial charge in [-0.25, -0.2) is 0 Å². The third-order valence-corrected chi connectivity index (χ3v) is 3.53. The molecule has 0 radical (unpaired) electrons. The third kappa shape index (κ3) is 5.00. The molecule has 110 valence electrons. The zero-order valence-electron chi connectivity index (χ0n) is 12.2. The Kier molecular flexibility index (Phi) is 5.46. The molecule has 0 aliphatic heterocycles. The molecule has 0 heterocycles. The van der Waals surface area contributed by atoms with Crippen molar-refractivity contribution in [2.24, 2.45) is 0 Å². The van der Waals surface area contributed by atoms with Gasteiger partial charge in [0.2, 0.25) is 0 Å². The summed E-state index contributed by atoms with van der Waals surface area (Å²) in [5, 5.41) is 10.7. The van der Waals surface area contributed by atoms with Crippen LogP contribution in [0.4, 0.5) is 5.69 Å². The van der Waals surface area contributed by atoms with E-state index >= 15 is 0 Å². The van der Waals surface area contributed by atoms with Gasteiger partial charge in [-0.1, -0.05) is 42.5 Å². The molecule has 2 aromatic carbocycles. The van der Waals surface area contributed by atoms with E-state index in [2.05, 4.69) is 36.2 Å². The standard InChI is InChI=1S/C17H20N2O2/c1-18(12-10-15-6-3-2-4-7-15)13-11-16-8-5-9-17(14-16)19(20)21/h2-9,14H,10-13H2,1H3. The first-order chi connectivity index (χ1) is 10.1. The van der Waals surface area contributed by atoms with Gasteiger partial charge in [-0.3, -0.25) is 10.1 Å². The van der Waals surface area contributed by atoms with Crippen LogP contribution in [0.3, 0.4) is 0 Å². The van der Waals surface area contributed by atoms with Gasteiger partial charge < -0.3 is 4.90 Å². The molecular formula is C17H20N2O2. The quantitative estimate of drug-likeness (QED) is 0.579. The van der Waals surface area contributed by atoms with Crippen LogP contribution in [0.2, 0.25) is 0 Å². The Balaban J connectivity index is 1.80. The summed E-state index contributed by atoms with van der Waals surface area (Å²) in [6, 6.07) is 17.3. The first-order valence-electron chi connectivity index (χ1n) is 7.11. The molecule has 0 spiro atoms. The zero-order valence-corrected chi connectivity index (χ0v) is 12.2. The Morgan fingerprint density at radius 1 is 0.952 bits per heavy atom. The van der Waals surface area contributed by atoms with Gasteiger partial charge in [0.05, 0.1) is 4.92 Å². The largest absolute Gasteiger partial charge is 0.306 e. The maximum Gasteiger partial charge on any atom is 0.269 e. The summed E-state index contributed by atoms with van der Waals surface area (Å²) in [7, 11) is 2.08. The van der Waals surface area contributed by atoms with Crippen molar-refractivity contribution in [1.82, 2.24) is 4.90 Å². The molecule has 0 aliphatic carbocycles. The summed E-state index contributed by atoms with van der Waals surface area (Å²) in [5.41, 5.74) is 2.51. The molecule has 0 saturated carbocycles. The SMILES string of the molecule is CN(CCc1ccccc1)CCc1cccc([N+](=O)[O-])c1. The molecule has 0 bridgehead atoms. The monoisotopic (exact) mass is 284 g/mol. The molecule has 21 heavy (non-hydrogen) atoms. The molecule has 0 atom stereocenters.